The van der Waals surface area contributed by atoms with Crippen LogP contribution in [0.1, 0.15) is 11.4 Å². The number of hydrogen-bond donors (Lipinski definition) is 1. The fourth-order valence-electron chi connectivity index (χ4n) is 2.21. The molecule has 0 radical (unpaired) electrons. The molecular weight excluding hydrogens is 254 g/mol. The number of para-hydroxylation sites is 1. The molecule has 5 heteroatoms. The Morgan fingerprint density at radius 3 is 2.40 bits per heavy atom. The van der Waals surface area contributed by atoms with Crippen LogP contribution in [0.4, 0.5) is 5.82 Å². The van der Waals surface area contributed by atoms with Crippen LogP contribution in [-0.4, -0.2) is 31.2 Å². The van der Waals surface area contributed by atoms with Gasteiger partial charge in [0.2, 0.25) is 0 Å². The summed E-state index contributed by atoms with van der Waals surface area (Å²) in [6.45, 7) is 3.86. The van der Waals surface area contributed by atoms with Gasteiger partial charge < -0.3 is 14.8 Å². The lowest BCUT2D eigenvalue weighted by molar-refractivity contribution is 0.356. The number of ether oxygens (including phenoxy) is 2. The predicted molar refractivity (Wildman–Crippen MR) is 79.6 cm³/mol. The first-order valence-electron chi connectivity index (χ1n) is 6.36. The third kappa shape index (κ3) is 2.39. The van der Waals surface area contributed by atoms with Gasteiger partial charge in [-0.15, -0.1) is 0 Å². The van der Waals surface area contributed by atoms with Gasteiger partial charge >= 0.3 is 0 Å². The summed E-state index contributed by atoms with van der Waals surface area (Å²) in [4.78, 5) is 8.93. The van der Waals surface area contributed by atoms with Crippen LogP contribution in [0.5, 0.6) is 11.5 Å². The third-order valence-electron chi connectivity index (χ3n) is 3.15. The monoisotopic (exact) mass is 273 g/mol. The number of benzene rings is 1. The molecule has 0 saturated heterocycles. The second-order valence-electron chi connectivity index (χ2n) is 4.38. The Labute approximate surface area is 119 Å². The lowest BCUT2D eigenvalue weighted by Crippen LogP contribution is -2.03. The van der Waals surface area contributed by atoms with Crippen LogP contribution in [0.2, 0.25) is 0 Å². The molecule has 0 saturated carbocycles. The molecule has 20 heavy (non-hydrogen) atoms. The molecule has 0 spiro atoms. The van der Waals surface area contributed by atoms with Gasteiger partial charge in [-0.25, -0.2) is 9.97 Å². The Hall–Kier alpha value is -2.30. The van der Waals surface area contributed by atoms with E-state index < -0.39 is 0 Å². The average molecular weight is 273 g/mol. The summed E-state index contributed by atoms with van der Waals surface area (Å²) < 4.78 is 10.8. The van der Waals surface area contributed by atoms with Crippen LogP contribution >= 0.6 is 0 Å². The maximum Gasteiger partial charge on any atom is 0.170 e. The summed E-state index contributed by atoms with van der Waals surface area (Å²) in [5.41, 5.74) is 2.72. The normalized spacial score (nSPS) is 10.2. The smallest absolute Gasteiger partial charge is 0.170 e. The zero-order valence-electron chi connectivity index (χ0n) is 12.4. The van der Waals surface area contributed by atoms with Crippen LogP contribution in [0.15, 0.2) is 18.2 Å². The summed E-state index contributed by atoms with van der Waals surface area (Å²) in [6, 6.07) is 5.76. The van der Waals surface area contributed by atoms with Gasteiger partial charge in [0, 0.05) is 18.2 Å². The minimum Gasteiger partial charge on any atom is -0.493 e. The lowest BCUT2D eigenvalue weighted by Gasteiger charge is -2.15. The first-order valence-corrected chi connectivity index (χ1v) is 6.36. The molecule has 1 aromatic carbocycles. The number of methoxy groups -OCH3 is 2. The van der Waals surface area contributed by atoms with E-state index in [-0.39, 0.29) is 0 Å². The molecule has 1 heterocycles. The first kappa shape index (κ1) is 14.1. The Morgan fingerprint density at radius 2 is 1.80 bits per heavy atom. The van der Waals surface area contributed by atoms with Crippen molar-refractivity contribution in [2.24, 2.45) is 0 Å². The molecule has 0 aliphatic carbocycles. The van der Waals surface area contributed by atoms with Crippen molar-refractivity contribution in [2.75, 3.05) is 26.6 Å². The van der Waals surface area contributed by atoms with E-state index in [1.165, 1.54) is 0 Å². The lowest BCUT2D eigenvalue weighted by atomic mass is 10.1. The van der Waals surface area contributed by atoms with E-state index in [2.05, 4.69) is 15.3 Å². The van der Waals surface area contributed by atoms with E-state index in [1.807, 2.05) is 39.1 Å². The number of anilines is 1. The van der Waals surface area contributed by atoms with Gasteiger partial charge in [-0.05, 0) is 26.0 Å². The quantitative estimate of drug-likeness (QED) is 0.928. The fraction of sp³-hybridized carbons (Fsp3) is 0.333. The number of aryl methyl sites for hydroxylation is 1. The topological polar surface area (TPSA) is 56.3 Å². The highest BCUT2D eigenvalue weighted by Gasteiger charge is 2.17. The van der Waals surface area contributed by atoms with Crippen molar-refractivity contribution in [1.82, 2.24) is 9.97 Å². The highest BCUT2D eigenvalue weighted by Crippen LogP contribution is 2.39. The van der Waals surface area contributed by atoms with Gasteiger partial charge in [0.1, 0.15) is 11.6 Å². The summed E-state index contributed by atoms with van der Waals surface area (Å²) >= 11 is 0. The number of rotatable bonds is 4. The van der Waals surface area contributed by atoms with E-state index in [9.17, 15) is 0 Å². The van der Waals surface area contributed by atoms with Crippen molar-refractivity contribution in [1.29, 1.82) is 0 Å². The molecule has 106 valence electrons. The molecule has 0 amide bonds. The van der Waals surface area contributed by atoms with E-state index >= 15 is 0 Å². The molecule has 0 bridgehead atoms. The maximum atomic E-state index is 5.48. The van der Waals surface area contributed by atoms with Crippen LogP contribution in [-0.2, 0) is 0 Å². The molecule has 0 fully saturated rings. The Kier molecular flexibility index (Phi) is 4.08. The van der Waals surface area contributed by atoms with Crippen molar-refractivity contribution in [2.45, 2.75) is 13.8 Å². The number of hydrogen-bond acceptors (Lipinski definition) is 5. The third-order valence-corrected chi connectivity index (χ3v) is 3.15. The number of nitrogens with one attached hydrogen (secondary N) is 1. The largest absolute Gasteiger partial charge is 0.493 e. The van der Waals surface area contributed by atoms with E-state index in [0.717, 1.165) is 22.6 Å². The zero-order valence-corrected chi connectivity index (χ0v) is 12.4. The van der Waals surface area contributed by atoms with Gasteiger partial charge in [-0.1, -0.05) is 6.07 Å². The highest BCUT2D eigenvalue weighted by molar-refractivity contribution is 5.76. The van der Waals surface area contributed by atoms with Crippen molar-refractivity contribution in [3.8, 4) is 22.8 Å². The van der Waals surface area contributed by atoms with E-state index in [1.54, 1.807) is 14.2 Å². The maximum absolute atomic E-state index is 5.48. The molecule has 0 aliphatic heterocycles. The van der Waals surface area contributed by atoms with Gasteiger partial charge in [-0.3, -0.25) is 0 Å². The Bertz CT molecular complexity index is 627. The van der Waals surface area contributed by atoms with E-state index in [4.69, 9.17) is 9.47 Å². The van der Waals surface area contributed by atoms with Gasteiger partial charge in [0.15, 0.2) is 11.5 Å². The summed E-state index contributed by atoms with van der Waals surface area (Å²) in [7, 11) is 5.10. The molecule has 2 rings (SSSR count). The molecule has 2 aromatic rings. The SMILES string of the molecule is CNc1nc(C)nc(-c2cccc(OC)c2OC)c1C. The van der Waals surface area contributed by atoms with Crippen molar-refractivity contribution in [3.05, 3.63) is 29.6 Å². The molecule has 5 nitrogen and oxygen atoms in total. The first-order chi connectivity index (χ1) is 9.62. The summed E-state index contributed by atoms with van der Waals surface area (Å²) in [6.07, 6.45) is 0. The van der Waals surface area contributed by atoms with Crippen molar-refractivity contribution in [3.63, 3.8) is 0 Å². The summed E-state index contributed by atoms with van der Waals surface area (Å²) in [5, 5.41) is 3.09. The Morgan fingerprint density at radius 1 is 1.05 bits per heavy atom. The average Bonchev–Trinajstić information content (AvgIpc) is 2.48. The predicted octanol–water partition coefficient (Wildman–Crippen LogP) is 2.82. The minimum absolute atomic E-state index is 0.679. The van der Waals surface area contributed by atoms with Crippen LogP contribution in [0, 0.1) is 13.8 Å². The molecule has 1 aromatic heterocycles. The van der Waals surface area contributed by atoms with Crippen LogP contribution in [0.25, 0.3) is 11.3 Å². The van der Waals surface area contributed by atoms with Crippen molar-refractivity contribution < 1.29 is 9.47 Å². The van der Waals surface area contributed by atoms with Crippen LogP contribution in [0.3, 0.4) is 0 Å². The minimum atomic E-state index is 0.679. The Balaban J connectivity index is 2.71. The second-order valence-corrected chi connectivity index (χ2v) is 4.38. The second kappa shape index (κ2) is 5.77. The van der Waals surface area contributed by atoms with Gasteiger partial charge in [0.05, 0.1) is 19.9 Å². The zero-order chi connectivity index (χ0) is 14.7. The highest BCUT2D eigenvalue weighted by atomic mass is 16.5. The number of aromatic nitrogens is 2. The van der Waals surface area contributed by atoms with Crippen molar-refractivity contribution >= 4 is 5.82 Å². The molecular formula is C15H19N3O2. The van der Waals surface area contributed by atoms with Gasteiger partial charge in [0.25, 0.3) is 0 Å². The molecule has 1 N–H and O–H groups in total. The standard InChI is InChI=1S/C15H19N3O2/c1-9-13(17-10(2)18-15(9)16-3)11-7-6-8-12(19-4)14(11)20-5/h6-8H,1-5H3,(H,16,17,18). The number of nitrogens with zero attached hydrogens (tertiary/aromatic N) is 2. The summed E-state index contributed by atoms with van der Waals surface area (Å²) in [5.74, 6) is 2.89. The van der Waals surface area contributed by atoms with Gasteiger partial charge in [-0.2, -0.15) is 0 Å². The van der Waals surface area contributed by atoms with Crippen LogP contribution < -0.4 is 14.8 Å². The molecule has 0 aliphatic rings. The molecule has 0 unspecified atom stereocenters. The molecule has 0 atom stereocenters. The van der Waals surface area contributed by atoms with E-state index in [0.29, 0.717) is 17.3 Å². The fourth-order valence-corrected chi connectivity index (χ4v) is 2.21.